The Balaban J connectivity index is 0.00000289. The van der Waals surface area contributed by atoms with Crippen LogP contribution < -0.4 is 0 Å². The molecule has 0 spiro atoms. The molecular weight excluding hydrogens is 258 g/mol. The summed E-state index contributed by atoms with van der Waals surface area (Å²) in [6, 6.07) is 2.97. The first-order valence-electron chi connectivity index (χ1n) is 5.34. The standard InChI is InChI=1S/C12H15NO4.ClH/c1-8(2)7-10(11(14)15)17-12(16)9-3-5-13-6-4-9;/h3-6,8,10H,7H2,1-2H3,(H,14,15);1H/t10-;/m0./s1. The van der Waals surface area contributed by atoms with Gasteiger partial charge in [-0.2, -0.15) is 0 Å². The van der Waals surface area contributed by atoms with Gasteiger partial charge in [-0.05, 0) is 24.5 Å². The van der Waals surface area contributed by atoms with Gasteiger partial charge in [-0.1, -0.05) is 13.8 Å². The van der Waals surface area contributed by atoms with Crippen molar-refractivity contribution in [3.63, 3.8) is 0 Å². The molecule has 0 aliphatic rings. The molecule has 0 radical (unpaired) electrons. The summed E-state index contributed by atoms with van der Waals surface area (Å²) in [6.45, 7) is 3.74. The number of hydrogen-bond donors (Lipinski definition) is 1. The quantitative estimate of drug-likeness (QED) is 0.832. The Kier molecular flexibility index (Phi) is 6.97. The van der Waals surface area contributed by atoms with E-state index in [4.69, 9.17) is 9.84 Å². The fourth-order valence-corrected chi connectivity index (χ4v) is 1.31. The van der Waals surface area contributed by atoms with Crippen molar-refractivity contribution in [1.29, 1.82) is 0 Å². The van der Waals surface area contributed by atoms with Gasteiger partial charge in [0.1, 0.15) is 0 Å². The van der Waals surface area contributed by atoms with Crippen molar-refractivity contribution in [2.75, 3.05) is 0 Å². The second-order valence-corrected chi connectivity index (χ2v) is 4.10. The summed E-state index contributed by atoms with van der Waals surface area (Å²) in [5, 5.41) is 8.93. The maximum atomic E-state index is 11.6. The molecule has 0 saturated heterocycles. The van der Waals surface area contributed by atoms with E-state index in [0.29, 0.717) is 12.0 Å². The molecule has 0 bridgehead atoms. The van der Waals surface area contributed by atoms with E-state index < -0.39 is 18.0 Å². The monoisotopic (exact) mass is 273 g/mol. The minimum absolute atomic E-state index is 0. The highest BCUT2D eigenvalue weighted by Gasteiger charge is 2.23. The molecule has 0 aromatic carbocycles. The summed E-state index contributed by atoms with van der Waals surface area (Å²) in [5.74, 6) is -1.62. The van der Waals surface area contributed by atoms with Gasteiger partial charge in [0.15, 0.2) is 6.10 Å². The molecule has 18 heavy (non-hydrogen) atoms. The van der Waals surface area contributed by atoms with Crippen LogP contribution in [0.5, 0.6) is 0 Å². The number of carbonyl (C=O) groups is 2. The highest BCUT2D eigenvalue weighted by Crippen LogP contribution is 2.11. The van der Waals surface area contributed by atoms with Crippen molar-refractivity contribution in [3.8, 4) is 0 Å². The number of ether oxygens (including phenoxy) is 1. The summed E-state index contributed by atoms with van der Waals surface area (Å²) >= 11 is 0. The van der Waals surface area contributed by atoms with Gasteiger partial charge in [0, 0.05) is 12.4 Å². The summed E-state index contributed by atoms with van der Waals surface area (Å²) in [7, 11) is 0. The van der Waals surface area contributed by atoms with E-state index in [0.717, 1.165) is 0 Å². The van der Waals surface area contributed by atoms with Crippen molar-refractivity contribution in [3.05, 3.63) is 30.1 Å². The molecular formula is C12H16ClNO4. The lowest BCUT2D eigenvalue weighted by molar-refractivity contribution is -0.148. The Bertz CT molecular complexity index is 394. The Morgan fingerprint density at radius 3 is 2.33 bits per heavy atom. The van der Waals surface area contributed by atoms with Crippen LogP contribution in [0.1, 0.15) is 30.6 Å². The van der Waals surface area contributed by atoms with Crippen LogP contribution in [-0.4, -0.2) is 28.1 Å². The van der Waals surface area contributed by atoms with Crippen molar-refractivity contribution in [1.82, 2.24) is 4.98 Å². The molecule has 0 saturated carbocycles. The third kappa shape index (κ3) is 5.14. The maximum Gasteiger partial charge on any atom is 0.345 e. The van der Waals surface area contributed by atoms with Gasteiger partial charge in [0.25, 0.3) is 0 Å². The van der Waals surface area contributed by atoms with Crippen LogP contribution in [0.4, 0.5) is 0 Å². The average Bonchev–Trinajstić information content (AvgIpc) is 2.28. The zero-order valence-electron chi connectivity index (χ0n) is 10.2. The molecule has 0 fully saturated rings. The van der Waals surface area contributed by atoms with Crippen LogP contribution in [0.2, 0.25) is 0 Å². The number of esters is 1. The minimum Gasteiger partial charge on any atom is -0.479 e. The van der Waals surface area contributed by atoms with Crippen molar-refractivity contribution in [2.45, 2.75) is 26.4 Å². The lowest BCUT2D eigenvalue weighted by Gasteiger charge is -2.15. The first-order chi connectivity index (χ1) is 8.00. The third-order valence-corrected chi connectivity index (χ3v) is 2.13. The zero-order chi connectivity index (χ0) is 12.8. The molecule has 100 valence electrons. The lowest BCUT2D eigenvalue weighted by Crippen LogP contribution is -2.28. The van der Waals surface area contributed by atoms with Gasteiger partial charge in [-0.3, -0.25) is 4.98 Å². The summed E-state index contributed by atoms with van der Waals surface area (Å²) in [4.78, 5) is 26.3. The molecule has 1 atom stereocenters. The average molecular weight is 274 g/mol. The highest BCUT2D eigenvalue weighted by molar-refractivity contribution is 5.91. The maximum absolute atomic E-state index is 11.6. The predicted molar refractivity (Wildman–Crippen MR) is 67.8 cm³/mol. The van der Waals surface area contributed by atoms with Crippen LogP contribution >= 0.6 is 12.4 Å². The molecule has 1 aromatic rings. The smallest absolute Gasteiger partial charge is 0.345 e. The molecule has 0 aliphatic carbocycles. The van der Waals surface area contributed by atoms with Crippen LogP contribution in [0.3, 0.4) is 0 Å². The topological polar surface area (TPSA) is 76.5 Å². The number of pyridine rings is 1. The van der Waals surface area contributed by atoms with Gasteiger partial charge in [-0.15, -0.1) is 12.4 Å². The number of carbonyl (C=O) groups excluding carboxylic acids is 1. The SMILES string of the molecule is CC(C)C[C@H](OC(=O)c1ccncc1)C(=O)O.Cl. The van der Waals surface area contributed by atoms with E-state index in [9.17, 15) is 9.59 Å². The fourth-order valence-electron chi connectivity index (χ4n) is 1.31. The molecule has 5 nitrogen and oxygen atoms in total. The van der Waals surface area contributed by atoms with E-state index in [1.807, 2.05) is 13.8 Å². The van der Waals surface area contributed by atoms with Crippen LogP contribution in [0.15, 0.2) is 24.5 Å². The molecule has 0 amide bonds. The Morgan fingerprint density at radius 2 is 1.89 bits per heavy atom. The van der Waals surface area contributed by atoms with E-state index in [-0.39, 0.29) is 18.3 Å². The predicted octanol–water partition coefficient (Wildman–Crippen LogP) is 2.16. The number of carboxylic acids is 1. The molecule has 1 N–H and O–H groups in total. The molecule has 1 heterocycles. The normalized spacial score (nSPS) is 11.5. The van der Waals surface area contributed by atoms with E-state index in [2.05, 4.69) is 4.98 Å². The van der Waals surface area contributed by atoms with E-state index in [1.165, 1.54) is 24.5 Å². The zero-order valence-corrected chi connectivity index (χ0v) is 11.0. The van der Waals surface area contributed by atoms with Crippen molar-refractivity contribution in [2.24, 2.45) is 5.92 Å². The number of rotatable bonds is 5. The number of carboxylic acid groups (broad SMARTS) is 1. The minimum atomic E-state index is -1.12. The van der Waals surface area contributed by atoms with Crippen LogP contribution in [0.25, 0.3) is 0 Å². The number of aliphatic carboxylic acids is 1. The molecule has 1 rings (SSSR count). The largest absolute Gasteiger partial charge is 0.479 e. The second kappa shape index (κ2) is 7.66. The molecule has 0 unspecified atom stereocenters. The van der Waals surface area contributed by atoms with Crippen LogP contribution in [-0.2, 0) is 9.53 Å². The van der Waals surface area contributed by atoms with E-state index >= 15 is 0 Å². The van der Waals surface area contributed by atoms with Crippen LogP contribution in [0, 0.1) is 5.92 Å². The third-order valence-electron chi connectivity index (χ3n) is 2.13. The summed E-state index contributed by atoms with van der Waals surface area (Å²) in [5.41, 5.74) is 0.301. The molecule has 6 heteroatoms. The van der Waals surface area contributed by atoms with Crippen molar-refractivity contribution >= 4 is 24.3 Å². The van der Waals surface area contributed by atoms with Crippen molar-refractivity contribution < 1.29 is 19.4 Å². The van der Waals surface area contributed by atoms with Gasteiger partial charge in [0.05, 0.1) is 5.56 Å². The number of hydrogen-bond acceptors (Lipinski definition) is 4. The van der Waals surface area contributed by atoms with E-state index in [1.54, 1.807) is 0 Å². The Labute approximate surface area is 112 Å². The first-order valence-corrected chi connectivity index (χ1v) is 5.34. The molecule has 1 aromatic heterocycles. The first kappa shape index (κ1) is 16.4. The fraction of sp³-hybridized carbons (Fsp3) is 0.417. The Morgan fingerprint density at radius 1 is 1.33 bits per heavy atom. The number of aromatic nitrogens is 1. The lowest BCUT2D eigenvalue weighted by atomic mass is 10.1. The summed E-state index contributed by atoms with van der Waals surface area (Å²) < 4.78 is 4.94. The number of nitrogens with zero attached hydrogens (tertiary/aromatic N) is 1. The summed E-state index contributed by atoms with van der Waals surface area (Å²) in [6.07, 6.45) is 2.10. The van der Waals surface area contributed by atoms with Gasteiger partial charge < -0.3 is 9.84 Å². The molecule has 0 aliphatic heterocycles. The second-order valence-electron chi connectivity index (χ2n) is 4.10. The number of halogens is 1. The van der Waals surface area contributed by atoms with Gasteiger partial charge >= 0.3 is 11.9 Å². The van der Waals surface area contributed by atoms with Gasteiger partial charge in [0.2, 0.25) is 0 Å². The Hall–Kier alpha value is -1.62. The highest BCUT2D eigenvalue weighted by atomic mass is 35.5. The van der Waals surface area contributed by atoms with Gasteiger partial charge in [-0.25, -0.2) is 9.59 Å².